The van der Waals surface area contributed by atoms with Crippen LogP contribution in [0.3, 0.4) is 0 Å². The number of allylic oxidation sites excluding steroid dienone is 2. The first-order valence-electron chi connectivity index (χ1n) is 8.80. The summed E-state index contributed by atoms with van der Waals surface area (Å²) in [5.41, 5.74) is 4.03. The first kappa shape index (κ1) is 20.5. The van der Waals surface area contributed by atoms with E-state index in [2.05, 4.69) is 32.2 Å². The Morgan fingerprint density at radius 1 is 1.00 bits per heavy atom. The van der Waals surface area contributed by atoms with Crippen molar-refractivity contribution >= 4 is 34.7 Å². The van der Waals surface area contributed by atoms with Gasteiger partial charge >= 0.3 is 0 Å². The van der Waals surface area contributed by atoms with Crippen LogP contribution < -0.4 is 5.32 Å². The molecule has 0 heterocycles. The van der Waals surface area contributed by atoms with Crippen molar-refractivity contribution in [2.45, 2.75) is 40.2 Å². The quantitative estimate of drug-likeness (QED) is 0.606. The van der Waals surface area contributed by atoms with E-state index >= 15 is 0 Å². The molecule has 2 nitrogen and oxygen atoms in total. The summed E-state index contributed by atoms with van der Waals surface area (Å²) in [7, 11) is 0. The number of halogens is 2. The molecule has 1 amide bonds. The van der Waals surface area contributed by atoms with E-state index in [1.807, 2.05) is 49.4 Å². The molecule has 0 aliphatic heterocycles. The van der Waals surface area contributed by atoms with Gasteiger partial charge in [-0.25, -0.2) is 0 Å². The maximum atomic E-state index is 12.2. The molecule has 26 heavy (non-hydrogen) atoms. The van der Waals surface area contributed by atoms with E-state index in [0.29, 0.717) is 21.5 Å². The summed E-state index contributed by atoms with van der Waals surface area (Å²) in [5.74, 6) is 0.382. The van der Waals surface area contributed by atoms with Crippen LogP contribution in [0.2, 0.25) is 10.0 Å². The minimum absolute atomic E-state index is 0.0275. The SMILES string of the molecule is CC(=CCc1ccc(C(=O)NC(C)C(C)C)cc1)c1ccc(Cl)c(Cl)c1. The Kier molecular flexibility index (Phi) is 7.31. The van der Waals surface area contributed by atoms with Crippen molar-refractivity contribution in [3.63, 3.8) is 0 Å². The number of nitrogens with one attached hydrogen (secondary N) is 1. The van der Waals surface area contributed by atoms with Crippen LogP contribution >= 0.6 is 23.2 Å². The van der Waals surface area contributed by atoms with Crippen LogP contribution in [0.25, 0.3) is 5.57 Å². The van der Waals surface area contributed by atoms with Gasteiger partial charge < -0.3 is 5.32 Å². The average molecular weight is 390 g/mol. The molecule has 0 radical (unpaired) electrons. The largest absolute Gasteiger partial charge is 0.349 e. The van der Waals surface area contributed by atoms with Gasteiger partial charge in [-0.05, 0) is 67.2 Å². The molecule has 2 rings (SSSR count). The second kappa shape index (κ2) is 9.25. The molecular formula is C22H25Cl2NO. The molecule has 2 aromatic carbocycles. The molecule has 0 saturated carbocycles. The van der Waals surface area contributed by atoms with Crippen molar-refractivity contribution in [2.24, 2.45) is 5.92 Å². The van der Waals surface area contributed by atoms with Gasteiger partial charge in [0.1, 0.15) is 0 Å². The zero-order valence-electron chi connectivity index (χ0n) is 15.6. The van der Waals surface area contributed by atoms with E-state index in [-0.39, 0.29) is 11.9 Å². The number of hydrogen-bond acceptors (Lipinski definition) is 1. The molecule has 0 bridgehead atoms. The predicted octanol–water partition coefficient (Wildman–Crippen LogP) is 6.41. The predicted molar refractivity (Wildman–Crippen MR) is 112 cm³/mol. The normalized spacial score (nSPS) is 13.0. The summed E-state index contributed by atoms with van der Waals surface area (Å²) < 4.78 is 0. The maximum Gasteiger partial charge on any atom is 0.251 e. The van der Waals surface area contributed by atoms with Gasteiger partial charge in [-0.15, -0.1) is 0 Å². The number of carbonyl (C=O) groups is 1. The number of amides is 1. The average Bonchev–Trinajstić information content (AvgIpc) is 2.62. The summed E-state index contributed by atoms with van der Waals surface area (Å²) in [5, 5.41) is 4.14. The Bertz CT molecular complexity index is 794. The molecule has 138 valence electrons. The summed E-state index contributed by atoms with van der Waals surface area (Å²) in [6.07, 6.45) is 2.94. The van der Waals surface area contributed by atoms with E-state index in [1.165, 1.54) is 0 Å². The van der Waals surface area contributed by atoms with E-state index < -0.39 is 0 Å². The van der Waals surface area contributed by atoms with Crippen molar-refractivity contribution in [2.75, 3.05) is 0 Å². The number of carbonyl (C=O) groups excluding carboxylic acids is 1. The lowest BCUT2D eigenvalue weighted by atomic mass is 10.0. The van der Waals surface area contributed by atoms with Crippen molar-refractivity contribution in [3.05, 3.63) is 75.3 Å². The third kappa shape index (κ3) is 5.62. The molecule has 2 aromatic rings. The van der Waals surface area contributed by atoms with Crippen LogP contribution in [0.4, 0.5) is 0 Å². The molecule has 0 aliphatic rings. The van der Waals surface area contributed by atoms with Gasteiger partial charge in [-0.3, -0.25) is 4.79 Å². The third-order valence-electron chi connectivity index (χ3n) is 4.59. The van der Waals surface area contributed by atoms with Crippen LogP contribution in [0.15, 0.2) is 48.5 Å². The zero-order valence-corrected chi connectivity index (χ0v) is 17.2. The van der Waals surface area contributed by atoms with Crippen LogP contribution in [-0.4, -0.2) is 11.9 Å². The highest BCUT2D eigenvalue weighted by Gasteiger charge is 2.12. The standard InChI is InChI=1S/C22H25Cl2NO/c1-14(2)16(4)25-22(26)18-9-7-17(8-10-18)6-5-15(3)19-11-12-20(23)21(24)13-19/h5,7-14,16H,6H2,1-4H3,(H,25,26). The van der Waals surface area contributed by atoms with Crippen LogP contribution in [0.5, 0.6) is 0 Å². The Morgan fingerprint density at radius 3 is 2.19 bits per heavy atom. The van der Waals surface area contributed by atoms with Gasteiger partial charge in [-0.2, -0.15) is 0 Å². The Balaban J connectivity index is 2.02. The van der Waals surface area contributed by atoms with Crippen molar-refractivity contribution in [3.8, 4) is 0 Å². The van der Waals surface area contributed by atoms with Gasteiger partial charge in [0.15, 0.2) is 0 Å². The molecule has 4 heteroatoms. The minimum Gasteiger partial charge on any atom is -0.349 e. The smallest absolute Gasteiger partial charge is 0.251 e. The Morgan fingerprint density at radius 2 is 1.62 bits per heavy atom. The summed E-state index contributed by atoms with van der Waals surface area (Å²) in [6, 6.07) is 13.5. The van der Waals surface area contributed by atoms with Crippen molar-refractivity contribution in [1.29, 1.82) is 0 Å². The third-order valence-corrected chi connectivity index (χ3v) is 5.33. The second-order valence-corrected chi connectivity index (χ2v) is 7.74. The van der Waals surface area contributed by atoms with Crippen LogP contribution in [-0.2, 0) is 6.42 Å². The lowest BCUT2D eigenvalue weighted by Gasteiger charge is -2.17. The number of rotatable bonds is 6. The van der Waals surface area contributed by atoms with Gasteiger partial charge in [0.25, 0.3) is 5.91 Å². The molecular weight excluding hydrogens is 365 g/mol. The fourth-order valence-corrected chi connectivity index (χ4v) is 2.68. The summed E-state index contributed by atoms with van der Waals surface area (Å²) in [4.78, 5) is 12.2. The van der Waals surface area contributed by atoms with Gasteiger partial charge in [0.05, 0.1) is 10.0 Å². The molecule has 0 spiro atoms. The first-order valence-corrected chi connectivity index (χ1v) is 9.55. The van der Waals surface area contributed by atoms with Crippen molar-refractivity contribution in [1.82, 2.24) is 5.32 Å². The highest BCUT2D eigenvalue weighted by molar-refractivity contribution is 6.42. The van der Waals surface area contributed by atoms with Gasteiger partial charge in [-0.1, -0.05) is 61.3 Å². The fraction of sp³-hybridized carbons (Fsp3) is 0.318. The number of benzene rings is 2. The highest BCUT2D eigenvalue weighted by Crippen LogP contribution is 2.26. The van der Waals surface area contributed by atoms with E-state index in [4.69, 9.17) is 23.2 Å². The Hall–Kier alpha value is -1.77. The molecule has 1 unspecified atom stereocenters. The topological polar surface area (TPSA) is 29.1 Å². The lowest BCUT2D eigenvalue weighted by molar-refractivity contribution is 0.0930. The van der Waals surface area contributed by atoms with Gasteiger partial charge in [0, 0.05) is 11.6 Å². The monoisotopic (exact) mass is 389 g/mol. The molecule has 0 saturated heterocycles. The lowest BCUT2D eigenvalue weighted by Crippen LogP contribution is -2.36. The number of hydrogen-bond donors (Lipinski definition) is 1. The molecule has 0 fully saturated rings. The summed E-state index contributed by atoms with van der Waals surface area (Å²) in [6.45, 7) is 8.26. The maximum absolute atomic E-state index is 12.2. The second-order valence-electron chi connectivity index (χ2n) is 6.92. The first-order chi connectivity index (χ1) is 12.3. The fourth-order valence-electron chi connectivity index (χ4n) is 2.38. The van der Waals surface area contributed by atoms with Crippen LogP contribution in [0.1, 0.15) is 49.2 Å². The molecule has 1 N–H and O–H groups in total. The van der Waals surface area contributed by atoms with E-state index in [1.54, 1.807) is 0 Å². The molecule has 0 aromatic heterocycles. The van der Waals surface area contributed by atoms with Gasteiger partial charge in [0.2, 0.25) is 0 Å². The van der Waals surface area contributed by atoms with Crippen molar-refractivity contribution < 1.29 is 4.79 Å². The van der Waals surface area contributed by atoms with Crippen LogP contribution in [0, 0.1) is 5.92 Å². The Labute approximate surface area is 166 Å². The molecule has 0 aliphatic carbocycles. The minimum atomic E-state index is -0.0275. The molecule has 1 atom stereocenters. The zero-order chi connectivity index (χ0) is 19.3. The van der Waals surface area contributed by atoms with E-state index in [9.17, 15) is 4.79 Å². The van der Waals surface area contributed by atoms with E-state index in [0.717, 1.165) is 23.1 Å². The highest BCUT2D eigenvalue weighted by atomic mass is 35.5. The summed E-state index contributed by atoms with van der Waals surface area (Å²) >= 11 is 12.0.